The van der Waals surface area contributed by atoms with Gasteiger partial charge >= 0.3 is 0 Å². The third kappa shape index (κ3) is 3.22. The van der Waals surface area contributed by atoms with Crippen molar-refractivity contribution in [1.29, 1.82) is 5.26 Å². The van der Waals surface area contributed by atoms with Crippen molar-refractivity contribution in [1.82, 2.24) is 5.32 Å². The van der Waals surface area contributed by atoms with Crippen LogP contribution in [-0.4, -0.2) is 6.04 Å². The molecule has 0 bridgehead atoms. The lowest BCUT2D eigenvalue weighted by Crippen LogP contribution is -2.29. The van der Waals surface area contributed by atoms with Gasteiger partial charge < -0.3 is 11.1 Å². The van der Waals surface area contributed by atoms with Crippen molar-refractivity contribution in [2.24, 2.45) is 5.73 Å². The highest BCUT2D eigenvalue weighted by Gasteiger charge is 2.51. The number of nitriles is 1. The predicted molar refractivity (Wildman–Crippen MR) is 158 cm³/mol. The lowest BCUT2D eigenvalue weighted by Gasteiger charge is -2.31. The van der Waals surface area contributed by atoms with E-state index in [-0.39, 0.29) is 11.5 Å². The Morgan fingerprint density at radius 3 is 1.95 bits per heavy atom. The monoisotopic (exact) mass is 501 g/mol. The summed E-state index contributed by atoms with van der Waals surface area (Å²) in [6, 6.07) is 35.6. The molecule has 3 aliphatic rings. The normalized spacial score (nSPS) is 17.9. The van der Waals surface area contributed by atoms with E-state index in [9.17, 15) is 5.26 Å². The van der Waals surface area contributed by atoms with Gasteiger partial charge in [0.25, 0.3) is 0 Å². The molecule has 0 saturated heterocycles. The van der Waals surface area contributed by atoms with Crippen LogP contribution in [0.3, 0.4) is 0 Å². The fourth-order valence-corrected chi connectivity index (χ4v) is 6.69. The Hall–Kier alpha value is -5.07. The second-order valence-electron chi connectivity index (χ2n) is 10.4. The second kappa shape index (κ2) is 8.75. The maximum atomic E-state index is 9.31. The van der Waals surface area contributed by atoms with E-state index in [1.165, 1.54) is 50.7 Å². The van der Waals surface area contributed by atoms with Gasteiger partial charge in [-0.15, -0.1) is 0 Å². The molecule has 2 aliphatic carbocycles. The average Bonchev–Trinajstić information content (AvgIpc) is 3.47. The molecule has 0 amide bonds. The molecule has 0 radical (unpaired) electrons. The Morgan fingerprint density at radius 2 is 1.38 bits per heavy atom. The van der Waals surface area contributed by atoms with Gasteiger partial charge in [0.15, 0.2) is 0 Å². The predicted octanol–water partition coefficient (Wildman–Crippen LogP) is 7.21. The summed E-state index contributed by atoms with van der Waals surface area (Å²) in [4.78, 5) is 0. The van der Waals surface area contributed by atoms with Crippen LogP contribution in [-0.2, 0) is 5.41 Å². The average molecular weight is 502 g/mol. The van der Waals surface area contributed by atoms with Gasteiger partial charge in [0.2, 0.25) is 0 Å². The van der Waals surface area contributed by atoms with Gasteiger partial charge in [-0.25, -0.2) is 0 Å². The van der Waals surface area contributed by atoms with Crippen LogP contribution in [0.2, 0.25) is 0 Å². The van der Waals surface area contributed by atoms with Crippen LogP contribution in [0.15, 0.2) is 133 Å². The molecule has 1 spiro atoms. The smallest absolute Gasteiger partial charge is 0.101 e. The number of hydrogen-bond acceptors (Lipinski definition) is 3. The molecular formula is C36H27N3. The Bertz CT molecular complexity index is 1760. The molecule has 4 aromatic rings. The number of nitrogens with zero attached hydrogens (tertiary/aromatic N) is 1. The van der Waals surface area contributed by atoms with Crippen LogP contribution in [0.5, 0.6) is 0 Å². The minimum atomic E-state index is -0.358. The lowest BCUT2D eigenvalue weighted by atomic mass is 9.70. The van der Waals surface area contributed by atoms with Crippen LogP contribution in [0, 0.1) is 11.3 Å². The summed E-state index contributed by atoms with van der Waals surface area (Å²) >= 11 is 0. The van der Waals surface area contributed by atoms with E-state index in [0.717, 1.165) is 16.8 Å². The van der Waals surface area contributed by atoms with Crippen LogP contribution >= 0.6 is 0 Å². The first-order chi connectivity index (χ1) is 19.2. The maximum Gasteiger partial charge on any atom is 0.101 e. The van der Waals surface area contributed by atoms with E-state index in [0.29, 0.717) is 5.57 Å². The number of allylic oxidation sites excluding steroid dienone is 4. The quantitative estimate of drug-likeness (QED) is 0.199. The van der Waals surface area contributed by atoms with Gasteiger partial charge in [-0.3, -0.25) is 0 Å². The summed E-state index contributed by atoms with van der Waals surface area (Å²) in [6.07, 6.45) is 9.51. The van der Waals surface area contributed by atoms with Gasteiger partial charge in [0.05, 0.1) is 17.0 Å². The molecule has 0 saturated carbocycles. The maximum absolute atomic E-state index is 9.31. The van der Waals surface area contributed by atoms with E-state index >= 15 is 0 Å². The summed E-state index contributed by atoms with van der Waals surface area (Å²) in [6.45, 7) is 2.02. The molecule has 4 aromatic carbocycles. The topological polar surface area (TPSA) is 61.8 Å². The summed E-state index contributed by atoms with van der Waals surface area (Å²) in [5.41, 5.74) is 19.5. The van der Waals surface area contributed by atoms with Gasteiger partial charge in [-0.2, -0.15) is 5.26 Å². The molecular weight excluding hydrogens is 474 g/mol. The highest BCUT2D eigenvalue weighted by molar-refractivity contribution is 5.95. The fourth-order valence-electron chi connectivity index (χ4n) is 6.69. The van der Waals surface area contributed by atoms with Crippen molar-refractivity contribution in [2.45, 2.75) is 18.4 Å². The standard InChI is InChI=1S/C36H27N3/c1-23(19-24(21-37)22-38)34-15-8-16-35(39-34)25-17-18-29-28-11-4-7-14-32(28)36(33(29)20-25)30-12-5-2-9-26(30)27-10-3-6-13-31(27)36/h2-21,34,39H,37H2,1H3/b23-19+,24-21+. The molecule has 1 unspecified atom stereocenters. The number of fused-ring (bicyclic) bond motifs is 10. The SMILES string of the molecule is C/C(=C\C(C#N)=C/N)C1C=CC=C(c2ccc3c(c2)C2(c4ccccc4-c4ccccc42)c2ccccc2-3)N1. The van der Waals surface area contributed by atoms with Crippen molar-refractivity contribution < 1.29 is 0 Å². The number of nitrogens with two attached hydrogens (primary N) is 1. The number of hydrogen-bond donors (Lipinski definition) is 2. The molecule has 0 aromatic heterocycles. The lowest BCUT2D eigenvalue weighted by molar-refractivity contribution is 0.788. The second-order valence-corrected chi connectivity index (χ2v) is 10.4. The van der Waals surface area contributed by atoms with Gasteiger partial charge in [0.1, 0.15) is 6.07 Å². The van der Waals surface area contributed by atoms with Gasteiger partial charge in [0, 0.05) is 11.9 Å². The first-order valence-electron chi connectivity index (χ1n) is 13.3. The molecule has 7 rings (SSSR count). The van der Waals surface area contributed by atoms with Crippen molar-refractivity contribution in [3.8, 4) is 28.3 Å². The van der Waals surface area contributed by atoms with Crippen molar-refractivity contribution in [3.05, 3.63) is 160 Å². The molecule has 1 atom stereocenters. The summed E-state index contributed by atoms with van der Waals surface area (Å²) < 4.78 is 0. The van der Waals surface area contributed by atoms with Crippen molar-refractivity contribution >= 4 is 5.70 Å². The molecule has 3 heteroatoms. The highest BCUT2D eigenvalue weighted by Crippen LogP contribution is 2.62. The van der Waals surface area contributed by atoms with E-state index < -0.39 is 0 Å². The molecule has 3 nitrogen and oxygen atoms in total. The minimum absolute atomic E-state index is 0.0272. The van der Waals surface area contributed by atoms with E-state index in [1.807, 2.05) is 13.0 Å². The molecule has 39 heavy (non-hydrogen) atoms. The Labute approximate surface area is 228 Å². The van der Waals surface area contributed by atoms with Crippen LogP contribution in [0.4, 0.5) is 0 Å². The Kier molecular flexibility index (Phi) is 5.18. The first kappa shape index (κ1) is 23.1. The van der Waals surface area contributed by atoms with Crippen LogP contribution < -0.4 is 11.1 Å². The van der Waals surface area contributed by atoms with E-state index in [2.05, 4.69) is 121 Å². The highest BCUT2D eigenvalue weighted by atomic mass is 14.9. The number of benzene rings is 4. The Morgan fingerprint density at radius 1 is 0.821 bits per heavy atom. The molecule has 1 aliphatic heterocycles. The molecule has 0 fully saturated rings. The zero-order chi connectivity index (χ0) is 26.6. The zero-order valence-electron chi connectivity index (χ0n) is 21.6. The molecule has 1 heterocycles. The number of rotatable bonds is 3. The van der Waals surface area contributed by atoms with E-state index in [4.69, 9.17) is 5.73 Å². The fraction of sp³-hybridized carbons (Fsp3) is 0.0833. The van der Waals surface area contributed by atoms with Crippen LogP contribution in [0.1, 0.15) is 34.7 Å². The van der Waals surface area contributed by atoms with Crippen molar-refractivity contribution in [2.75, 3.05) is 0 Å². The number of nitrogens with one attached hydrogen (secondary N) is 1. The van der Waals surface area contributed by atoms with Crippen LogP contribution in [0.25, 0.3) is 28.0 Å². The summed E-state index contributed by atoms with van der Waals surface area (Å²) in [5.74, 6) is 0. The summed E-state index contributed by atoms with van der Waals surface area (Å²) in [7, 11) is 0. The largest absolute Gasteiger partial charge is 0.404 e. The zero-order valence-corrected chi connectivity index (χ0v) is 21.6. The first-order valence-corrected chi connectivity index (χ1v) is 13.3. The molecule has 3 N–H and O–H groups in total. The third-order valence-corrected chi connectivity index (χ3v) is 8.37. The minimum Gasteiger partial charge on any atom is -0.404 e. The third-order valence-electron chi connectivity index (χ3n) is 8.37. The Balaban J connectivity index is 1.40. The summed E-state index contributed by atoms with van der Waals surface area (Å²) in [5, 5.41) is 13.0. The van der Waals surface area contributed by atoms with Gasteiger partial charge in [-0.1, -0.05) is 97.1 Å². The van der Waals surface area contributed by atoms with Gasteiger partial charge in [-0.05, 0) is 80.8 Å². The number of dihydropyridines is 1. The van der Waals surface area contributed by atoms with E-state index in [1.54, 1.807) is 0 Å². The molecule has 186 valence electrons. The van der Waals surface area contributed by atoms with Crippen molar-refractivity contribution in [3.63, 3.8) is 0 Å².